The summed E-state index contributed by atoms with van der Waals surface area (Å²) in [7, 11) is 0. The van der Waals surface area contributed by atoms with Crippen molar-refractivity contribution in [2.24, 2.45) is 0 Å². The summed E-state index contributed by atoms with van der Waals surface area (Å²) >= 11 is 7.30. The molecule has 17 heavy (non-hydrogen) atoms. The fourth-order valence-corrected chi connectivity index (χ4v) is 2.41. The minimum absolute atomic E-state index is 0.387. The Kier molecular flexibility index (Phi) is 2.70. The number of rotatable bonds is 2. The van der Waals surface area contributed by atoms with E-state index in [1.165, 1.54) is 11.8 Å². The van der Waals surface area contributed by atoms with E-state index in [0.29, 0.717) is 10.2 Å². The second-order valence-corrected chi connectivity index (χ2v) is 4.65. The summed E-state index contributed by atoms with van der Waals surface area (Å²) in [6, 6.07) is 7.84. The van der Waals surface area contributed by atoms with E-state index in [-0.39, 0.29) is 0 Å². The van der Waals surface area contributed by atoms with Crippen LogP contribution < -0.4 is 0 Å². The van der Waals surface area contributed by atoms with Crippen molar-refractivity contribution in [3.63, 3.8) is 0 Å². The first kappa shape index (κ1) is 10.6. The number of para-hydroxylation sites is 2. The first-order valence-corrected chi connectivity index (χ1v) is 6.11. The Morgan fingerprint density at radius 1 is 1.12 bits per heavy atom. The number of nitrogens with one attached hydrogen (secondary N) is 1. The van der Waals surface area contributed by atoms with E-state index in [2.05, 4.69) is 19.9 Å². The summed E-state index contributed by atoms with van der Waals surface area (Å²) in [6.07, 6.45) is 3.17. The molecule has 0 aliphatic heterocycles. The molecule has 0 bridgehead atoms. The molecule has 0 radical (unpaired) electrons. The van der Waals surface area contributed by atoms with Crippen LogP contribution in [0.4, 0.5) is 0 Å². The van der Waals surface area contributed by atoms with Crippen molar-refractivity contribution < 1.29 is 0 Å². The molecule has 1 aromatic carbocycles. The van der Waals surface area contributed by atoms with Crippen molar-refractivity contribution in [3.05, 3.63) is 41.8 Å². The summed E-state index contributed by atoms with van der Waals surface area (Å²) in [5.74, 6) is 0. The van der Waals surface area contributed by atoms with Gasteiger partial charge in [-0.05, 0) is 23.9 Å². The van der Waals surface area contributed by atoms with E-state index in [0.717, 1.165) is 16.2 Å². The second-order valence-electron chi connectivity index (χ2n) is 3.31. The molecule has 4 nitrogen and oxygen atoms in total. The minimum Gasteiger partial charge on any atom is -0.333 e. The normalized spacial score (nSPS) is 10.9. The van der Waals surface area contributed by atoms with Crippen LogP contribution in [0.1, 0.15) is 0 Å². The van der Waals surface area contributed by atoms with Crippen LogP contribution in [0.2, 0.25) is 5.15 Å². The third kappa shape index (κ3) is 2.11. The van der Waals surface area contributed by atoms with Gasteiger partial charge in [0.05, 0.1) is 11.0 Å². The van der Waals surface area contributed by atoms with Gasteiger partial charge < -0.3 is 4.98 Å². The number of hydrogen-bond acceptors (Lipinski definition) is 4. The van der Waals surface area contributed by atoms with E-state index >= 15 is 0 Å². The first-order chi connectivity index (χ1) is 8.33. The molecule has 84 valence electrons. The zero-order chi connectivity index (χ0) is 11.7. The van der Waals surface area contributed by atoms with Gasteiger partial charge >= 0.3 is 0 Å². The van der Waals surface area contributed by atoms with Gasteiger partial charge in [0.15, 0.2) is 10.3 Å². The molecular weight excluding hydrogens is 256 g/mol. The molecule has 0 saturated heterocycles. The van der Waals surface area contributed by atoms with Crippen molar-refractivity contribution in [2.75, 3.05) is 0 Å². The van der Waals surface area contributed by atoms with Crippen LogP contribution in [0, 0.1) is 0 Å². The van der Waals surface area contributed by atoms with Crippen molar-refractivity contribution >= 4 is 34.4 Å². The number of nitrogens with zero attached hydrogens (tertiary/aromatic N) is 3. The number of fused-ring (bicyclic) bond motifs is 1. The molecule has 0 amide bonds. The highest BCUT2D eigenvalue weighted by molar-refractivity contribution is 7.99. The van der Waals surface area contributed by atoms with Crippen LogP contribution in [0.25, 0.3) is 11.0 Å². The van der Waals surface area contributed by atoms with Crippen LogP contribution in [-0.2, 0) is 0 Å². The van der Waals surface area contributed by atoms with Crippen molar-refractivity contribution in [1.82, 2.24) is 19.9 Å². The van der Waals surface area contributed by atoms with Gasteiger partial charge in [0, 0.05) is 12.4 Å². The molecule has 0 atom stereocenters. The van der Waals surface area contributed by atoms with Gasteiger partial charge in [-0.1, -0.05) is 23.7 Å². The Balaban J connectivity index is 1.98. The van der Waals surface area contributed by atoms with Crippen LogP contribution >= 0.6 is 23.4 Å². The van der Waals surface area contributed by atoms with Gasteiger partial charge in [-0.15, -0.1) is 0 Å². The van der Waals surface area contributed by atoms with Gasteiger partial charge in [-0.3, -0.25) is 0 Å². The van der Waals surface area contributed by atoms with Gasteiger partial charge in [-0.25, -0.2) is 15.0 Å². The Labute approximate surface area is 106 Å². The molecule has 0 unspecified atom stereocenters. The largest absolute Gasteiger partial charge is 0.333 e. The number of hydrogen-bond donors (Lipinski definition) is 1. The molecule has 0 aliphatic rings. The molecule has 0 aliphatic carbocycles. The summed E-state index contributed by atoms with van der Waals surface area (Å²) in [4.78, 5) is 15.7. The molecule has 0 spiro atoms. The Morgan fingerprint density at radius 2 is 1.94 bits per heavy atom. The number of aromatic amines is 1. The fourth-order valence-electron chi connectivity index (χ4n) is 1.45. The predicted molar refractivity (Wildman–Crippen MR) is 67.3 cm³/mol. The maximum atomic E-state index is 5.94. The molecule has 3 aromatic rings. The zero-order valence-electron chi connectivity index (χ0n) is 8.59. The van der Waals surface area contributed by atoms with Crippen LogP contribution in [0.15, 0.2) is 46.8 Å². The van der Waals surface area contributed by atoms with Crippen LogP contribution in [0.5, 0.6) is 0 Å². The third-order valence-electron chi connectivity index (χ3n) is 2.18. The molecule has 1 N–H and O–H groups in total. The van der Waals surface area contributed by atoms with Gasteiger partial charge in [0.2, 0.25) is 0 Å². The monoisotopic (exact) mass is 262 g/mol. The smallest absolute Gasteiger partial charge is 0.172 e. The molecule has 2 aromatic heterocycles. The molecule has 0 saturated carbocycles. The summed E-state index contributed by atoms with van der Waals surface area (Å²) in [5, 5.41) is 1.79. The average molecular weight is 263 g/mol. The van der Waals surface area contributed by atoms with Gasteiger partial charge in [0.25, 0.3) is 0 Å². The number of H-pyrrole nitrogens is 1. The lowest BCUT2D eigenvalue weighted by Crippen LogP contribution is -1.84. The van der Waals surface area contributed by atoms with E-state index in [9.17, 15) is 0 Å². The average Bonchev–Trinajstić information content (AvgIpc) is 2.74. The highest BCUT2D eigenvalue weighted by Crippen LogP contribution is 2.29. The SMILES string of the molecule is Clc1nccnc1Sc1nc2ccccc2[nH]1. The highest BCUT2D eigenvalue weighted by Gasteiger charge is 2.08. The standard InChI is InChI=1S/C11H7ClN4S/c12-9-10(14-6-5-13-9)17-11-15-7-3-1-2-4-8(7)16-11/h1-6H,(H,15,16). The van der Waals surface area contributed by atoms with E-state index in [1.807, 2.05) is 24.3 Å². The number of benzene rings is 1. The topological polar surface area (TPSA) is 54.5 Å². The highest BCUT2D eigenvalue weighted by atomic mass is 35.5. The lowest BCUT2D eigenvalue weighted by molar-refractivity contribution is 1.03. The third-order valence-corrected chi connectivity index (χ3v) is 3.45. The van der Waals surface area contributed by atoms with Crippen LogP contribution in [0.3, 0.4) is 0 Å². The Hall–Kier alpha value is -1.59. The zero-order valence-corrected chi connectivity index (χ0v) is 10.2. The molecule has 0 fully saturated rings. The molecular formula is C11H7ClN4S. The van der Waals surface area contributed by atoms with Crippen molar-refractivity contribution in [2.45, 2.75) is 10.2 Å². The summed E-state index contributed by atoms with van der Waals surface area (Å²) in [6.45, 7) is 0. The van der Waals surface area contributed by atoms with E-state index in [1.54, 1.807) is 12.4 Å². The predicted octanol–water partition coefficient (Wildman–Crippen LogP) is 3.16. The number of halogens is 1. The maximum absolute atomic E-state index is 5.94. The Morgan fingerprint density at radius 3 is 2.76 bits per heavy atom. The van der Waals surface area contributed by atoms with E-state index < -0.39 is 0 Å². The molecule has 2 heterocycles. The molecule has 3 rings (SSSR count). The summed E-state index contributed by atoms with van der Waals surface area (Å²) < 4.78 is 0. The lowest BCUT2D eigenvalue weighted by Gasteiger charge is -1.97. The minimum atomic E-state index is 0.387. The first-order valence-electron chi connectivity index (χ1n) is 4.92. The number of imidazole rings is 1. The van der Waals surface area contributed by atoms with Crippen molar-refractivity contribution in [3.8, 4) is 0 Å². The fraction of sp³-hybridized carbons (Fsp3) is 0. The quantitative estimate of drug-likeness (QED) is 0.771. The molecule has 6 heteroatoms. The van der Waals surface area contributed by atoms with Gasteiger partial charge in [-0.2, -0.15) is 0 Å². The lowest BCUT2D eigenvalue weighted by atomic mass is 10.3. The van der Waals surface area contributed by atoms with Crippen molar-refractivity contribution in [1.29, 1.82) is 0 Å². The van der Waals surface area contributed by atoms with Gasteiger partial charge in [0.1, 0.15) is 5.03 Å². The number of aromatic nitrogens is 4. The van der Waals surface area contributed by atoms with E-state index in [4.69, 9.17) is 11.6 Å². The Bertz CT molecular complexity index is 634. The second kappa shape index (κ2) is 4.35. The van der Waals surface area contributed by atoms with Crippen LogP contribution in [-0.4, -0.2) is 19.9 Å². The maximum Gasteiger partial charge on any atom is 0.172 e. The summed E-state index contributed by atoms with van der Waals surface area (Å²) in [5.41, 5.74) is 1.92.